The van der Waals surface area contributed by atoms with Crippen molar-refractivity contribution in [2.45, 2.75) is 32.9 Å². The standard InChI is InChI=1S/C29H32Cl3N3O4S/c1-20(2)17-33-29(37)27(15-21-7-5-4-6-8-21)34(18-22-9-11-23(30)12-10-22)28(36)19-35(40(3,38)39)26-16-24(31)13-14-25(26)32/h4-14,16,20,27H,15,17-19H2,1-3H3,(H,33,37). The number of sulfonamides is 1. The van der Waals surface area contributed by atoms with Crippen LogP contribution in [0.2, 0.25) is 15.1 Å². The van der Waals surface area contributed by atoms with Crippen LogP contribution in [0.15, 0.2) is 72.8 Å². The van der Waals surface area contributed by atoms with E-state index in [-0.39, 0.29) is 40.5 Å². The van der Waals surface area contributed by atoms with Gasteiger partial charge in [-0.15, -0.1) is 0 Å². The SMILES string of the molecule is CC(C)CNC(=O)C(Cc1ccccc1)N(Cc1ccc(Cl)cc1)C(=O)CN(c1cc(Cl)ccc1Cl)S(C)(=O)=O. The molecule has 0 spiro atoms. The van der Waals surface area contributed by atoms with Gasteiger partial charge in [-0.3, -0.25) is 13.9 Å². The van der Waals surface area contributed by atoms with Crippen molar-refractivity contribution in [3.63, 3.8) is 0 Å². The smallest absolute Gasteiger partial charge is 0.244 e. The Morgan fingerprint density at radius 2 is 1.50 bits per heavy atom. The Bertz CT molecular complexity index is 1420. The van der Waals surface area contributed by atoms with E-state index in [2.05, 4.69) is 5.32 Å². The zero-order valence-electron chi connectivity index (χ0n) is 22.5. The van der Waals surface area contributed by atoms with Crippen molar-refractivity contribution in [2.24, 2.45) is 5.92 Å². The molecule has 0 saturated carbocycles. The van der Waals surface area contributed by atoms with Gasteiger partial charge in [0.15, 0.2) is 0 Å². The van der Waals surface area contributed by atoms with Crippen LogP contribution in [0.1, 0.15) is 25.0 Å². The number of hydrogen-bond acceptors (Lipinski definition) is 4. The Morgan fingerprint density at radius 1 is 0.875 bits per heavy atom. The second-order valence-corrected chi connectivity index (χ2v) is 13.0. The van der Waals surface area contributed by atoms with Crippen molar-refractivity contribution in [1.82, 2.24) is 10.2 Å². The summed E-state index contributed by atoms with van der Waals surface area (Å²) in [6, 6.07) is 19.7. The van der Waals surface area contributed by atoms with Crippen LogP contribution in [-0.2, 0) is 32.6 Å². The summed E-state index contributed by atoms with van der Waals surface area (Å²) in [4.78, 5) is 29.1. The number of nitrogens with one attached hydrogen (secondary N) is 1. The minimum atomic E-state index is -3.97. The van der Waals surface area contributed by atoms with Gasteiger partial charge >= 0.3 is 0 Å². The minimum absolute atomic E-state index is 0.0451. The summed E-state index contributed by atoms with van der Waals surface area (Å²) in [5.74, 6) is -0.740. The molecule has 1 N–H and O–H groups in total. The number of carbonyl (C=O) groups excluding carboxylic acids is 2. The summed E-state index contributed by atoms with van der Waals surface area (Å²) in [5, 5.41) is 3.84. The van der Waals surface area contributed by atoms with Gasteiger partial charge in [0.05, 0.1) is 17.0 Å². The molecule has 0 aliphatic heterocycles. The molecule has 1 unspecified atom stereocenters. The average molecular weight is 625 g/mol. The summed E-state index contributed by atoms with van der Waals surface area (Å²) in [5.41, 5.74) is 1.64. The van der Waals surface area contributed by atoms with E-state index in [1.807, 2.05) is 44.2 Å². The van der Waals surface area contributed by atoms with E-state index >= 15 is 0 Å². The van der Waals surface area contributed by atoms with Gasteiger partial charge < -0.3 is 10.2 Å². The van der Waals surface area contributed by atoms with Crippen molar-refractivity contribution in [3.05, 3.63) is 99.0 Å². The van der Waals surface area contributed by atoms with E-state index in [1.165, 1.54) is 23.1 Å². The number of halogens is 3. The summed E-state index contributed by atoms with van der Waals surface area (Å²) in [7, 11) is -3.97. The molecule has 0 radical (unpaired) electrons. The van der Waals surface area contributed by atoms with Crippen LogP contribution in [-0.4, -0.2) is 50.5 Å². The van der Waals surface area contributed by atoms with E-state index in [0.29, 0.717) is 11.6 Å². The Hall–Kier alpha value is -2.78. The summed E-state index contributed by atoms with van der Waals surface area (Å²) in [6.07, 6.45) is 1.21. The third kappa shape index (κ3) is 9.13. The number of anilines is 1. The first-order chi connectivity index (χ1) is 18.8. The minimum Gasteiger partial charge on any atom is -0.354 e. The Labute approximate surface area is 251 Å². The lowest BCUT2D eigenvalue weighted by Gasteiger charge is -2.34. The second-order valence-electron chi connectivity index (χ2n) is 9.86. The largest absolute Gasteiger partial charge is 0.354 e. The molecule has 0 bridgehead atoms. The lowest BCUT2D eigenvalue weighted by atomic mass is 10.0. The highest BCUT2D eigenvalue weighted by atomic mass is 35.5. The maximum absolute atomic E-state index is 14.1. The first kappa shape index (κ1) is 31.7. The van der Waals surface area contributed by atoms with Gasteiger partial charge in [0, 0.05) is 29.6 Å². The Morgan fingerprint density at radius 3 is 2.10 bits per heavy atom. The predicted octanol–water partition coefficient (Wildman–Crippen LogP) is 5.83. The van der Waals surface area contributed by atoms with E-state index in [4.69, 9.17) is 34.8 Å². The highest BCUT2D eigenvalue weighted by Crippen LogP contribution is 2.31. The molecule has 0 fully saturated rings. The number of amides is 2. The number of benzene rings is 3. The molecule has 3 rings (SSSR count). The van der Waals surface area contributed by atoms with Gasteiger partial charge in [-0.05, 0) is 47.4 Å². The fraction of sp³-hybridized carbons (Fsp3) is 0.310. The molecule has 2 amide bonds. The topological polar surface area (TPSA) is 86.8 Å². The van der Waals surface area contributed by atoms with E-state index in [1.54, 1.807) is 24.3 Å². The van der Waals surface area contributed by atoms with Crippen LogP contribution in [0.3, 0.4) is 0 Å². The predicted molar refractivity (Wildman–Crippen MR) is 162 cm³/mol. The van der Waals surface area contributed by atoms with Gasteiger partial charge in [-0.1, -0.05) is 91.1 Å². The molecule has 214 valence electrons. The first-order valence-electron chi connectivity index (χ1n) is 12.6. The Kier molecular flexibility index (Phi) is 11.3. The first-order valence-corrected chi connectivity index (χ1v) is 15.6. The number of hydrogen-bond donors (Lipinski definition) is 1. The van der Waals surface area contributed by atoms with Crippen molar-refractivity contribution in [1.29, 1.82) is 0 Å². The van der Waals surface area contributed by atoms with Gasteiger partial charge in [0.1, 0.15) is 12.6 Å². The van der Waals surface area contributed by atoms with Crippen LogP contribution in [0, 0.1) is 5.92 Å². The van der Waals surface area contributed by atoms with E-state index in [9.17, 15) is 18.0 Å². The van der Waals surface area contributed by atoms with Crippen LogP contribution < -0.4 is 9.62 Å². The molecule has 3 aromatic carbocycles. The highest BCUT2D eigenvalue weighted by molar-refractivity contribution is 7.92. The average Bonchev–Trinajstić information content (AvgIpc) is 2.90. The van der Waals surface area contributed by atoms with Crippen LogP contribution >= 0.6 is 34.8 Å². The van der Waals surface area contributed by atoms with Crippen LogP contribution in [0.25, 0.3) is 0 Å². The summed E-state index contributed by atoms with van der Waals surface area (Å²) in [6.45, 7) is 3.82. The molecule has 0 heterocycles. The summed E-state index contributed by atoms with van der Waals surface area (Å²) >= 11 is 18.5. The van der Waals surface area contributed by atoms with Crippen molar-refractivity contribution in [2.75, 3.05) is 23.7 Å². The molecule has 0 saturated heterocycles. The molecule has 7 nitrogen and oxygen atoms in total. The molecule has 40 heavy (non-hydrogen) atoms. The molecular formula is C29H32Cl3N3O4S. The lowest BCUT2D eigenvalue weighted by molar-refractivity contribution is -0.140. The number of rotatable bonds is 12. The fourth-order valence-electron chi connectivity index (χ4n) is 4.03. The molecule has 0 aliphatic rings. The summed E-state index contributed by atoms with van der Waals surface area (Å²) < 4.78 is 26.7. The third-order valence-electron chi connectivity index (χ3n) is 6.08. The van der Waals surface area contributed by atoms with E-state index in [0.717, 1.165) is 21.7 Å². The maximum atomic E-state index is 14.1. The second kappa shape index (κ2) is 14.2. The molecule has 0 aromatic heterocycles. The number of carbonyl (C=O) groups is 2. The maximum Gasteiger partial charge on any atom is 0.244 e. The Balaban J connectivity index is 2.06. The molecule has 11 heteroatoms. The molecule has 0 aliphatic carbocycles. The van der Waals surface area contributed by atoms with Crippen LogP contribution in [0.5, 0.6) is 0 Å². The monoisotopic (exact) mass is 623 g/mol. The van der Waals surface area contributed by atoms with E-state index < -0.39 is 28.5 Å². The van der Waals surface area contributed by atoms with Gasteiger partial charge in [0.25, 0.3) is 0 Å². The number of nitrogens with zero attached hydrogens (tertiary/aromatic N) is 2. The normalized spacial score (nSPS) is 12.2. The molecule has 3 aromatic rings. The quantitative estimate of drug-likeness (QED) is 0.275. The third-order valence-corrected chi connectivity index (χ3v) is 8.01. The zero-order chi connectivity index (χ0) is 29.4. The van der Waals surface area contributed by atoms with Crippen molar-refractivity contribution >= 4 is 62.3 Å². The van der Waals surface area contributed by atoms with Gasteiger partial charge in [0.2, 0.25) is 21.8 Å². The fourth-order valence-corrected chi connectivity index (χ4v) is 5.45. The lowest BCUT2D eigenvalue weighted by Crippen LogP contribution is -2.53. The van der Waals surface area contributed by atoms with Gasteiger partial charge in [-0.2, -0.15) is 0 Å². The molecule has 1 atom stereocenters. The molecular weight excluding hydrogens is 593 g/mol. The van der Waals surface area contributed by atoms with Gasteiger partial charge in [-0.25, -0.2) is 8.42 Å². The van der Waals surface area contributed by atoms with Crippen molar-refractivity contribution in [3.8, 4) is 0 Å². The highest BCUT2D eigenvalue weighted by Gasteiger charge is 2.33. The van der Waals surface area contributed by atoms with Crippen LogP contribution in [0.4, 0.5) is 5.69 Å². The van der Waals surface area contributed by atoms with Crippen molar-refractivity contribution < 1.29 is 18.0 Å². The zero-order valence-corrected chi connectivity index (χ0v) is 25.6.